The first-order valence-electron chi connectivity index (χ1n) is 11.2. The van der Waals surface area contributed by atoms with Gasteiger partial charge in [0.2, 0.25) is 11.6 Å². The Kier molecular flexibility index (Phi) is 6.42. The number of furan rings is 1. The van der Waals surface area contributed by atoms with E-state index in [1.165, 1.54) is 6.33 Å². The van der Waals surface area contributed by atoms with Gasteiger partial charge in [0.05, 0.1) is 13.7 Å². The first kappa shape index (κ1) is 21.6. The fraction of sp³-hybridized carbons (Fsp3) is 0.240. The lowest BCUT2D eigenvalue weighted by Gasteiger charge is -2.08. The predicted octanol–water partition coefficient (Wildman–Crippen LogP) is 4.87. The van der Waals surface area contributed by atoms with Crippen LogP contribution in [0.25, 0.3) is 33.6 Å². The lowest BCUT2D eigenvalue weighted by Crippen LogP contribution is -2.01. The number of methoxy groups -OCH3 is 1. The van der Waals surface area contributed by atoms with Gasteiger partial charge in [0.1, 0.15) is 29.0 Å². The Labute approximate surface area is 196 Å². The number of fused-ring (bicyclic) bond motifs is 1. The van der Waals surface area contributed by atoms with Crippen molar-refractivity contribution in [2.24, 2.45) is 0 Å². The summed E-state index contributed by atoms with van der Waals surface area (Å²) in [5.41, 5.74) is 3.32. The summed E-state index contributed by atoms with van der Waals surface area (Å²) in [7, 11) is 1.65. The molecule has 9 heteroatoms. The molecule has 34 heavy (non-hydrogen) atoms. The van der Waals surface area contributed by atoms with Gasteiger partial charge in [-0.05, 0) is 47.4 Å². The SMILES string of the molecule is COc1ccc(-c2c(-c3ccccc3)oc3ncnc(OCCCCCc4nnn[nH]4)c23)cc1. The Balaban J connectivity index is 1.42. The third-order valence-electron chi connectivity index (χ3n) is 5.55. The Hall–Kier alpha value is -4.27. The van der Waals surface area contributed by atoms with Crippen LogP contribution >= 0.6 is 0 Å². The largest absolute Gasteiger partial charge is 0.497 e. The van der Waals surface area contributed by atoms with Gasteiger partial charge in [0.15, 0.2) is 0 Å². The quantitative estimate of drug-likeness (QED) is 0.296. The number of aryl methyl sites for hydroxylation is 1. The fourth-order valence-corrected chi connectivity index (χ4v) is 3.87. The number of nitrogens with one attached hydrogen (secondary N) is 1. The van der Waals surface area contributed by atoms with Crippen molar-refractivity contribution in [1.82, 2.24) is 30.6 Å². The second-order valence-electron chi connectivity index (χ2n) is 7.77. The normalized spacial score (nSPS) is 11.1. The molecule has 0 spiro atoms. The van der Waals surface area contributed by atoms with Gasteiger partial charge in [-0.3, -0.25) is 0 Å². The zero-order valence-electron chi connectivity index (χ0n) is 18.8. The molecule has 0 radical (unpaired) electrons. The summed E-state index contributed by atoms with van der Waals surface area (Å²) in [6.07, 6.45) is 5.13. The Morgan fingerprint density at radius 3 is 2.53 bits per heavy atom. The topological polar surface area (TPSA) is 112 Å². The highest BCUT2D eigenvalue weighted by Crippen LogP contribution is 2.43. The summed E-state index contributed by atoms with van der Waals surface area (Å²) in [4.78, 5) is 8.83. The average Bonchev–Trinajstić information content (AvgIpc) is 3.55. The minimum atomic E-state index is 0.493. The molecule has 172 valence electrons. The molecule has 0 unspecified atom stereocenters. The molecule has 0 aliphatic carbocycles. The van der Waals surface area contributed by atoms with Gasteiger partial charge in [-0.25, -0.2) is 15.1 Å². The first-order valence-corrected chi connectivity index (χ1v) is 11.2. The van der Waals surface area contributed by atoms with E-state index in [1.807, 2.05) is 54.6 Å². The molecule has 0 amide bonds. The van der Waals surface area contributed by atoms with E-state index in [0.29, 0.717) is 18.2 Å². The van der Waals surface area contributed by atoms with Crippen LogP contribution in [0.5, 0.6) is 11.6 Å². The van der Waals surface area contributed by atoms with Crippen LogP contribution in [0, 0.1) is 0 Å². The number of tetrazole rings is 1. The van der Waals surface area contributed by atoms with Gasteiger partial charge in [-0.1, -0.05) is 42.5 Å². The molecule has 1 N–H and O–H groups in total. The molecular formula is C25H24N6O3. The van der Waals surface area contributed by atoms with Crippen LogP contribution in [0.15, 0.2) is 65.3 Å². The van der Waals surface area contributed by atoms with Gasteiger partial charge in [0, 0.05) is 17.5 Å². The first-order chi connectivity index (χ1) is 16.8. The van der Waals surface area contributed by atoms with Crippen LogP contribution in [-0.4, -0.2) is 44.3 Å². The van der Waals surface area contributed by atoms with Crippen molar-refractivity contribution in [3.05, 3.63) is 66.7 Å². The molecule has 0 atom stereocenters. The molecule has 2 aromatic carbocycles. The number of H-pyrrole nitrogens is 1. The third kappa shape index (κ3) is 4.59. The van der Waals surface area contributed by atoms with Gasteiger partial charge in [-0.2, -0.15) is 0 Å². The number of aromatic nitrogens is 6. The van der Waals surface area contributed by atoms with E-state index >= 15 is 0 Å². The van der Waals surface area contributed by atoms with Crippen LogP contribution < -0.4 is 9.47 Å². The van der Waals surface area contributed by atoms with E-state index in [9.17, 15) is 0 Å². The molecule has 9 nitrogen and oxygen atoms in total. The zero-order chi connectivity index (χ0) is 23.2. The molecule has 0 aliphatic heterocycles. The van der Waals surface area contributed by atoms with Crippen molar-refractivity contribution in [1.29, 1.82) is 0 Å². The number of aromatic amines is 1. The lowest BCUT2D eigenvalue weighted by atomic mass is 9.99. The molecule has 0 saturated carbocycles. The minimum Gasteiger partial charge on any atom is -0.497 e. The van der Waals surface area contributed by atoms with E-state index in [1.54, 1.807) is 7.11 Å². The molecule has 0 bridgehead atoms. The Bertz CT molecular complexity index is 1330. The zero-order valence-corrected chi connectivity index (χ0v) is 18.8. The van der Waals surface area contributed by atoms with Gasteiger partial charge < -0.3 is 13.9 Å². The van der Waals surface area contributed by atoms with Crippen molar-refractivity contribution in [3.63, 3.8) is 0 Å². The second kappa shape index (κ2) is 10.1. The van der Waals surface area contributed by atoms with Gasteiger partial charge >= 0.3 is 0 Å². The van der Waals surface area contributed by atoms with Crippen molar-refractivity contribution >= 4 is 11.1 Å². The highest BCUT2D eigenvalue weighted by molar-refractivity contribution is 6.03. The Morgan fingerprint density at radius 2 is 1.76 bits per heavy atom. The lowest BCUT2D eigenvalue weighted by molar-refractivity contribution is 0.297. The molecule has 3 aromatic heterocycles. The summed E-state index contributed by atoms with van der Waals surface area (Å²) < 4.78 is 17.7. The number of nitrogens with zero attached hydrogens (tertiary/aromatic N) is 5. The maximum Gasteiger partial charge on any atom is 0.234 e. The highest BCUT2D eigenvalue weighted by atomic mass is 16.5. The number of ether oxygens (including phenoxy) is 2. The maximum atomic E-state index is 6.24. The number of rotatable bonds is 10. The van der Waals surface area contributed by atoms with Crippen molar-refractivity contribution in [2.75, 3.05) is 13.7 Å². The summed E-state index contributed by atoms with van der Waals surface area (Å²) in [5, 5.41) is 14.6. The molecule has 3 heterocycles. The summed E-state index contributed by atoms with van der Waals surface area (Å²) in [6.45, 7) is 0.536. The predicted molar refractivity (Wildman–Crippen MR) is 126 cm³/mol. The van der Waals surface area contributed by atoms with E-state index < -0.39 is 0 Å². The van der Waals surface area contributed by atoms with Gasteiger partial charge in [0.25, 0.3) is 0 Å². The van der Waals surface area contributed by atoms with Crippen LogP contribution in [0.1, 0.15) is 25.1 Å². The average molecular weight is 457 g/mol. The standard InChI is InChI=1S/C25H24N6O3/c1-32-19-13-11-17(12-14-19)21-22-24(33-15-7-3-6-10-20-28-30-31-29-20)26-16-27-25(22)34-23(21)18-8-4-2-5-9-18/h2,4-5,8-9,11-14,16H,3,6-7,10,15H2,1H3,(H,28,29,30,31). The van der Waals surface area contributed by atoms with E-state index in [0.717, 1.165) is 65.1 Å². The fourth-order valence-electron chi connectivity index (χ4n) is 3.87. The monoisotopic (exact) mass is 456 g/mol. The highest BCUT2D eigenvalue weighted by Gasteiger charge is 2.23. The molecule has 5 rings (SSSR count). The van der Waals surface area contributed by atoms with Crippen LogP contribution in [0.3, 0.4) is 0 Å². The van der Waals surface area contributed by atoms with E-state index in [-0.39, 0.29) is 0 Å². The third-order valence-corrected chi connectivity index (χ3v) is 5.55. The number of hydrogen-bond donors (Lipinski definition) is 1. The summed E-state index contributed by atoms with van der Waals surface area (Å²) in [5.74, 6) is 2.83. The van der Waals surface area contributed by atoms with Crippen molar-refractivity contribution < 1.29 is 13.9 Å². The molecule has 0 saturated heterocycles. The minimum absolute atomic E-state index is 0.493. The van der Waals surface area contributed by atoms with Crippen molar-refractivity contribution in [3.8, 4) is 34.1 Å². The Morgan fingerprint density at radius 1 is 0.912 bits per heavy atom. The number of benzene rings is 2. The van der Waals surface area contributed by atoms with Crippen LogP contribution in [0.2, 0.25) is 0 Å². The molecule has 0 fully saturated rings. The van der Waals surface area contributed by atoms with Crippen molar-refractivity contribution in [2.45, 2.75) is 25.7 Å². The number of unbranched alkanes of at least 4 members (excludes halogenated alkanes) is 2. The van der Waals surface area contributed by atoms with E-state index in [2.05, 4.69) is 30.6 Å². The summed E-state index contributed by atoms with van der Waals surface area (Å²) in [6, 6.07) is 17.8. The van der Waals surface area contributed by atoms with Crippen LogP contribution in [-0.2, 0) is 6.42 Å². The molecule has 0 aliphatic rings. The number of hydrogen-bond acceptors (Lipinski definition) is 8. The molecule has 5 aromatic rings. The van der Waals surface area contributed by atoms with Gasteiger partial charge in [-0.15, -0.1) is 5.10 Å². The second-order valence-corrected chi connectivity index (χ2v) is 7.77. The molecular weight excluding hydrogens is 432 g/mol. The van der Waals surface area contributed by atoms with E-state index in [4.69, 9.17) is 13.9 Å². The smallest absolute Gasteiger partial charge is 0.234 e. The maximum absolute atomic E-state index is 6.24. The summed E-state index contributed by atoms with van der Waals surface area (Å²) >= 11 is 0. The van der Waals surface area contributed by atoms with Crippen LogP contribution in [0.4, 0.5) is 0 Å².